The van der Waals surface area contributed by atoms with Gasteiger partial charge in [-0.3, -0.25) is 18.4 Å². The molecule has 3 aromatic carbocycles. The first-order chi connectivity index (χ1) is 32.5. The van der Waals surface area contributed by atoms with Crippen molar-refractivity contribution >= 4 is 31.5 Å². The van der Waals surface area contributed by atoms with E-state index in [9.17, 15) is 14.2 Å². The largest absolute Gasteiger partial charge is 0.475 e. The molecule has 17 heteroatoms. The molecule has 372 valence electrons. The topological polar surface area (TPSA) is 170 Å². The SMILES string of the molecule is CCCOCCOCCOCCOCCOCCOP(=O)(OCCC(CCNC(=O)CCCC1SCC2NC(=O)NC21)OC(c1ccccc1)(c1ccccc1)c1ccccc1)OC(C)(C)C. The Kier molecular flexibility index (Phi) is 24.1. The Morgan fingerprint density at radius 1 is 0.701 bits per heavy atom. The molecular weight excluding hydrogens is 898 g/mol. The minimum atomic E-state index is -4.08. The summed E-state index contributed by atoms with van der Waals surface area (Å²) in [6.45, 7) is 12.3. The van der Waals surface area contributed by atoms with Crippen LogP contribution >= 0.6 is 19.6 Å². The number of rotatable bonds is 35. The van der Waals surface area contributed by atoms with Gasteiger partial charge in [-0.25, -0.2) is 9.36 Å². The maximum atomic E-state index is 14.2. The molecule has 0 aromatic heterocycles. The van der Waals surface area contributed by atoms with Crippen LogP contribution in [0, 0.1) is 0 Å². The van der Waals surface area contributed by atoms with Crippen molar-refractivity contribution < 1.29 is 56.1 Å². The van der Waals surface area contributed by atoms with Crippen LogP contribution in [0.1, 0.15) is 82.9 Å². The van der Waals surface area contributed by atoms with E-state index in [1.165, 1.54) is 0 Å². The third-order valence-corrected chi connectivity index (χ3v) is 14.2. The number of amides is 3. The number of thioether (sulfide) groups is 1. The van der Waals surface area contributed by atoms with E-state index < -0.39 is 25.1 Å². The summed E-state index contributed by atoms with van der Waals surface area (Å²) in [5, 5.41) is 9.40. The molecule has 15 nitrogen and oxygen atoms in total. The average molecular weight is 972 g/mol. The fraction of sp³-hybridized carbons (Fsp3) is 0.600. The van der Waals surface area contributed by atoms with Gasteiger partial charge in [0.2, 0.25) is 5.91 Å². The number of hydrogen-bond acceptors (Lipinski definition) is 13. The maximum Gasteiger partial charge on any atom is 0.475 e. The molecule has 0 bridgehead atoms. The zero-order chi connectivity index (χ0) is 47.6. The first-order valence-corrected chi connectivity index (χ1v) is 26.3. The highest BCUT2D eigenvalue weighted by Crippen LogP contribution is 2.53. The zero-order valence-corrected chi connectivity index (χ0v) is 41.6. The molecule has 2 aliphatic rings. The van der Waals surface area contributed by atoms with Crippen molar-refractivity contribution in [3.05, 3.63) is 108 Å². The highest BCUT2D eigenvalue weighted by Gasteiger charge is 2.43. The van der Waals surface area contributed by atoms with Crippen molar-refractivity contribution in [2.45, 2.75) is 101 Å². The maximum absolute atomic E-state index is 14.2. The van der Waals surface area contributed by atoms with Crippen LogP contribution in [0.3, 0.4) is 0 Å². The van der Waals surface area contributed by atoms with Crippen LogP contribution in [-0.2, 0) is 57.0 Å². The van der Waals surface area contributed by atoms with E-state index >= 15 is 0 Å². The number of phosphoric acid groups is 1. The van der Waals surface area contributed by atoms with Gasteiger partial charge in [-0.2, -0.15) is 11.8 Å². The summed E-state index contributed by atoms with van der Waals surface area (Å²) in [5.74, 6) is 0.825. The van der Waals surface area contributed by atoms with E-state index in [0.29, 0.717) is 85.1 Å². The second-order valence-corrected chi connectivity index (χ2v) is 20.2. The van der Waals surface area contributed by atoms with Gasteiger partial charge in [-0.05, 0) is 69.6 Å². The van der Waals surface area contributed by atoms with Gasteiger partial charge >= 0.3 is 13.9 Å². The molecule has 5 rings (SSSR count). The molecule has 67 heavy (non-hydrogen) atoms. The molecule has 5 atom stereocenters. The Hall–Kier alpha value is -3.38. The first kappa shape index (κ1) is 54.6. The molecule has 2 saturated heterocycles. The van der Waals surface area contributed by atoms with Gasteiger partial charge in [-0.15, -0.1) is 0 Å². The molecule has 0 aliphatic carbocycles. The average Bonchev–Trinajstić information content (AvgIpc) is 3.88. The Bertz CT molecular complexity index is 1780. The van der Waals surface area contributed by atoms with Gasteiger partial charge in [0.25, 0.3) is 0 Å². The second kappa shape index (κ2) is 29.6. The van der Waals surface area contributed by atoms with Gasteiger partial charge in [0.05, 0.1) is 96.5 Å². The van der Waals surface area contributed by atoms with Crippen LogP contribution in [0.2, 0.25) is 0 Å². The van der Waals surface area contributed by atoms with Gasteiger partial charge in [0.15, 0.2) is 0 Å². The molecule has 3 N–H and O–H groups in total. The molecule has 0 spiro atoms. The molecular formula is C50H74N3O12PS. The molecule has 2 fully saturated rings. The number of fused-ring (bicyclic) bond motifs is 1. The fourth-order valence-corrected chi connectivity index (χ4v) is 10.9. The van der Waals surface area contributed by atoms with Gasteiger partial charge < -0.3 is 44.4 Å². The monoisotopic (exact) mass is 971 g/mol. The van der Waals surface area contributed by atoms with E-state index in [-0.39, 0.29) is 49.1 Å². The summed E-state index contributed by atoms with van der Waals surface area (Å²) in [4.78, 5) is 25.1. The highest BCUT2D eigenvalue weighted by molar-refractivity contribution is 8.00. The van der Waals surface area contributed by atoms with Crippen LogP contribution < -0.4 is 16.0 Å². The van der Waals surface area contributed by atoms with E-state index in [2.05, 4.69) is 59.3 Å². The number of nitrogens with one attached hydrogen (secondary N) is 3. The summed E-state index contributed by atoms with van der Waals surface area (Å²) in [6.07, 6.45) is 3.12. The first-order valence-electron chi connectivity index (χ1n) is 23.8. The minimum absolute atomic E-state index is 0.0245. The van der Waals surface area contributed by atoms with Crippen LogP contribution in [0.25, 0.3) is 0 Å². The lowest BCUT2D eigenvalue weighted by molar-refractivity contribution is -0.121. The molecule has 5 unspecified atom stereocenters. The summed E-state index contributed by atoms with van der Waals surface area (Å²) >= 11 is 1.84. The molecule has 0 radical (unpaired) electrons. The lowest BCUT2D eigenvalue weighted by atomic mass is 9.79. The lowest BCUT2D eigenvalue weighted by Gasteiger charge is -2.39. The summed E-state index contributed by atoms with van der Waals surface area (Å²) < 4.78 is 67.1. The molecule has 3 aromatic rings. The van der Waals surface area contributed by atoms with E-state index in [1.807, 2.05) is 66.4 Å². The Balaban J connectivity index is 1.16. The van der Waals surface area contributed by atoms with Gasteiger partial charge in [0, 0.05) is 30.6 Å². The van der Waals surface area contributed by atoms with E-state index in [1.54, 1.807) is 20.8 Å². The lowest BCUT2D eigenvalue weighted by Crippen LogP contribution is -2.39. The van der Waals surface area contributed by atoms with Crippen LogP contribution in [0.5, 0.6) is 0 Å². The summed E-state index contributed by atoms with van der Waals surface area (Å²) in [6, 6.07) is 30.4. The number of ether oxygens (including phenoxy) is 6. The van der Waals surface area contributed by atoms with Gasteiger partial charge in [0.1, 0.15) is 5.60 Å². The van der Waals surface area contributed by atoms with E-state index in [4.69, 9.17) is 42.0 Å². The highest BCUT2D eigenvalue weighted by atomic mass is 32.2. The number of carbonyl (C=O) groups is 2. The Morgan fingerprint density at radius 3 is 1.70 bits per heavy atom. The van der Waals surface area contributed by atoms with Crippen molar-refractivity contribution in [1.29, 1.82) is 0 Å². The van der Waals surface area contributed by atoms with Crippen LogP contribution in [0.4, 0.5) is 4.79 Å². The Labute approximate surface area is 402 Å². The number of carbonyl (C=O) groups excluding carboxylic acids is 2. The molecule has 2 heterocycles. The predicted octanol–water partition coefficient (Wildman–Crippen LogP) is 8.05. The van der Waals surface area contributed by atoms with E-state index in [0.717, 1.165) is 41.9 Å². The fourth-order valence-electron chi connectivity index (χ4n) is 7.86. The van der Waals surface area contributed by atoms with Gasteiger partial charge in [-0.1, -0.05) is 97.9 Å². The quantitative estimate of drug-likeness (QED) is 0.0224. The van der Waals surface area contributed by atoms with Crippen LogP contribution in [-0.4, -0.2) is 133 Å². The third kappa shape index (κ3) is 19.1. The smallest absolute Gasteiger partial charge is 0.379 e. The van der Waals surface area contributed by atoms with Crippen molar-refractivity contribution in [1.82, 2.24) is 16.0 Å². The standard InChI is InChI=1S/C50H74N3O12PS/c1-5-27-57-29-30-58-31-32-59-33-34-60-35-36-61-37-38-63-66(56,65-49(2,3)4)62-28-25-43(24-26-51-46(54)23-15-22-45-47-44(39-67-45)52-48(55)53-47)64-50(40-16-9-6-10-17-40,41-18-11-7-12-19-41)42-20-13-8-14-21-42/h6-14,16-21,43-45,47H,5,15,22-39H2,1-4H3,(H,51,54)(H2,52,53,55). The number of urea groups is 1. The van der Waals surface area contributed by atoms with Crippen molar-refractivity contribution in [2.75, 3.05) is 91.6 Å². The molecule has 2 aliphatic heterocycles. The normalized spacial score (nSPS) is 18.5. The number of hydrogen-bond donors (Lipinski definition) is 3. The van der Waals surface area contributed by atoms with Crippen molar-refractivity contribution in [2.24, 2.45) is 0 Å². The number of phosphoric ester groups is 1. The summed E-state index contributed by atoms with van der Waals surface area (Å²) in [5.41, 5.74) is 0.894. The van der Waals surface area contributed by atoms with Crippen LogP contribution in [0.15, 0.2) is 91.0 Å². The minimum Gasteiger partial charge on any atom is -0.379 e. The Morgan fingerprint density at radius 2 is 1.19 bits per heavy atom. The zero-order valence-electron chi connectivity index (χ0n) is 39.9. The second-order valence-electron chi connectivity index (χ2n) is 17.3. The molecule has 3 amide bonds. The van der Waals surface area contributed by atoms with Crippen molar-refractivity contribution in [3.8, 4) is 0 Å². The van der Waals surface area contributed by atoms with Crippen molar-refractivity contribution in [3.63, 3.8) is 0 Å². The predicted molar refractivity (Wildman–Crippen MR) is 260 cm³/mol. The summed E-state index contributed by atoms with van der Waals surface area (Å²) in [7, 11) is -4.08. The molecule has 0 saturated carbocycles. The number of benzene rings is 3. The third-order valence-electron chi connectivity index (χ3n) is 10.9.